The van der Waals surface area contributed by atoms with E-state index in [1.807, 2.05) is 24.3 Å². The van der Waals surface area contributed by atoms with Crippen LogP contribution in [-0.2, 0) is 29.4 Å². The van der Waals surface area contributed by atoms with E-state index < -0.39 is 58.7 Å². The van der Waals surface area contributed by atoms with Crippen LogP contribution in [0.25, 0.3) is 0 Å². The predicted octanol–water partition coefficient (Wildman–Crippen LogP) is 5.09. The number of carboxylic acid groups (broad SMARTS) is 1. The van der Waals surface area contributed by atoms with Crippen molar-refractivity contribution >= 4 is 46.9 Å². The molecule has 258 valence electrons. The first kappa shape index (κ1) is 33.3. The molecule has 2 saturated heterocycles. The smallest absolute Gasteiger partial charge is 0.303 e. The van der Waals surface area contributed by atoms with Crippen molar-refractivity contribution in [1.29, 1.82) is 0 Å². The van der Waals surface area contributed by atoms with Gasteiger partial charge in [0.05, 0.1) is 43.1 Å². The molecule has 3 aromatic carbocycles. The molecule has 0 spiro atoms. The van der Waals surface area contributed by atoms with Crippen LogP contribution in [0.2, 0.25) is 5.02 Å². The van der Waals surface area contributed by atoms with Crippen molar-refractivity contribution in [2.24, 2.45) is 23.7 Å². The highest BCUT2D eigenvalue weighted by Gasteiger charge is 2.71. The van der Waals surface area contributed by atoms with Gasteiger partial charge in [-0.15, -0.1) is 0 Å². The van der Waals surface area contributed by atoms with Crippen molar-refractivity contribution in [2.75, 3.05) is 25.7 Å². The number of carboxylic acids is 1. The lowest BCUT2D eigenvalue weighted by Crippen LogP contribution is -2.53. The van der Waals surface area contributed by atoms with E-state index in [4.69, 9.17) is 21.1 Å². The summed E-state index contributed by atoms with van der Waals surface area (Å²) in [7, 11) is 2.87. The number of nitrogens with zero attached hydrogens (tertiary/aromatic N) is 2. The van der Waals surface area contributed by atoms with E-state index in [-0.39, 0.29) is 55.4 Å². The van der Waals surface area contributed by atoms with Gasteiger partial charge in [0.15, 0.2) is 0 Å². The van der Waals surface area contributed by atoms with Gasteiger partial charge >= 0.3 is 5.97 Å². The minimum atomic E-state index is -1.57. The number of likely N-dealkylation sites (tertiary alicyclic amines) is 1. The Bertz CT molecular complexity index is 1940. The average Bonchev–Trinajstić information content (AvgIpc) is 3.48. The number of ether oxygens (including phenoxy) is 2. The van der Waals surface area contributed by atoms with E-state index in [2.05, 4.69) is 0 Å². The van der Waals surface area contributed by atoms with Crippen LogP contribution in [0.15, 0.2) is 78.4 Å². The maximum absolute atomic E-state index is 15.4. The summed E-state index contributed by atoms with van der Waals surface area (Å²) in [6.45, 7) is -0.0284. The summed E-state index contributed by atoms with van der Waals surface area (Å²) in [6, 6.07) is 18.4. The molecule has 50 heavy (non-hydrogen) atoms. The normalized spacial score (nSPS) is 27.1. The Kier molecular flexibility index (Phi) is 8.42. The number of halogens is 1. The third-order valence-electron chi connectivity index (χ3n) is 10.8. The monoisotopic (exact) mass is 698 g/mol. The van der Waals surface area contributed by atoms with Gasteiger partial charge in [0.1, 0.15) is 17.2 Å². The molecule has 6 atom stereocenters. The summed E-state index contributed by atoms with van der Waals surface area (Å²) in [5.41, 5.74) is 0.407. The number of carbonyl (C=O) groups excluding carboxylic acids is 4. The molecule has 7 rings (SSSR count). The van der Waals surface area contributed by atoms with Crippen LogP contribution in [0.3, 0.4) is 0 Å². The minimum Gasteiger partial charge on any atom is -0.508 e. The quantitative estimate of drug-likeness (QED) is 0.230. The van der Waals surface area contributed by atoms with Gasteiger partial charge in [-0.25, -0.2) is 4.90 Å². The number of aromatic hydroxyl groups is 1. The molecule has 2 N–H and O–H groups in total. The molecule has 2 aliphatic carbocycles. The fourth-order valence-corrected chi connectivity index (χ4v) is 9.13. The van der Waals surface area contributed by atoms with Crippen molar-refractivity contribution in [1.82, 2.24) is 4.90 Å². The topological polar surface area (TPSA) is 151 Å². The lowest BCUT2D eigenvalue weighted by molar-refractivity contribution is -0.142. The van der Waals surface area contributed by atoms with Crippen LogP contribution < -0.4 is 14.4 Å². The lowest BCUT2D eigenvalue weighted by atomic mass is 9.49. The Balaban J connectivity index is 1.48. The number of imide groups is 2. The molecule has 1 saturated carbocycles. The summed E-state index contributed by atoms with van der Waals surface area (Å²) in [6.07, 6.45) is 2.12. The van der Waals surface area contributed by atoms with Gasteiger partial charge in [0.25, 0.3) is 0 Å². The number of hydrogen-bond donors (Lipinski definition) is 2. The molecule has 4 aliphatic rings. The number of carbonyl (C=O) groups is 5. The van der Waals surface area contributed by atoms with Crippen LogP contribution in [0, 0.1) is 23.7 Å². The summed E-state index contributed by atoms with van der Waals surface area (Å²) < 4.78 is 11.7. The molecule has 4 amide bonds. The van der Waals surface area contributed by atoms with Crippen LogP contribution in [-0.4, -0.2) is 65.5 Å². The molecule has 12 heteroatoms. The number of aliphatic carboxylic acids is 1. The molecule has 0 bridgehead atoms. The molecular formula is C38H35ClN2O9. The van der Waals surface area contributed by atoms with Gasteiger partial charge in [0, 0.05) is 41.6 Å². The van der Waals surface area contributed by atoms with E-state index in [1.165, 1.54) is 31.3 Å². The summed E-state index contributed by atoms with van der Waals surface area (Å²) in [4.78, 5) is 71.7. The summed E-state index contributed by atoms with van der Waals surface area (Å²) in [5.74, 6) is -6.60. The number of amides is 4. The zero-order chi connectivity index (χ0) is 35.5. The highest BCUT2D eigenvalue weighted by molar-refractivity contribution is 6.32. The average molecular weight is 699 g/mol. The molecule has 2 aliphatic heterocycles. The van der Waals surface area contributed by atoms with Gasteiger partial charge in [-0.05, 0) is 48.9 Å². The second-order valence-corrected chi connectivity index (χ2v) is 13.6. The maximum atomic E-state index is 15.4. The van der Waals surface area contributed by atoms with Gasteiger partial charge < -0.3 is 19.7 Å². The van der Waals surface area contributed by atoms with E-state index in [9.17, 15) is 29.4 Å². The van der Waals surface area contributed by atoms with E-state index >= 15 is 4.79 Å². The fourth-order valence-electron chi connectivity index (χ4n) is 8.94. The highest BCUT2D eigenvalue weighted by atomic mass is 35.5. The highest BCUT2D eigenvalue weighted by Crippen LogP contribution is 2.66. The molecule has 3 aromatic rings. The lowest BCUT2D eigenvalue weighted by Gasteiger charge is -2.51. The van der Waals surface area contributed by atoms with Crippen LogP contribution in [0.5, 0.6) is 17.2 Å². The van der Waals surface area contributed by atoms with Crippen LogP contribution in [0.1, 0.15) is 42.7 Å². The Morgan fingerprint density at radius 1 is 0.920 bits per heavy atom. The number of allylic oxidation sites excluding steroid dienone is 2. The second kappa shape index (κ2) is 12.6. The summed E-state index contributed by atoms with van der Waals surface area (Å²) >= 11 is 6.38. The molecule has 0 unspecified atom stereocenters. The molecule has 0 aromatic heterocycles. The zero-order valence-electron chi connectivity index (χ0n) is 27.4. The Morgan fingerprint density at radius 2 is 1.62 bits per heavy atom. The first-order valence-electron chi connectivity index (χ1n) is 16.5. The third-order valence-corrected chi connectivity index (χ3v) is 11.1. The second-order valence-electron chi connectivity index (χ2n) is 13.2. The number of anilines is 1. The van der Waals surface area contributed by atoms with Gasteiger partial charge in [-0.3, -0.25) is 28.9 Å². The van der Waals surface area contributed by atoms with E-state index in [0.29, 0.717) is 27.4 Å². The van der Waals surface area contributed by atoms with Crippen molar-refractivity contribution in [3.63, 3.8) is 0 Å². The van der Waals surface area contributed by atoms with Crippen molar-refractivity contribution < 1.29 is 43.7 Å². The van der Waals surface area contributed by atoms with E-state index in [0.717, 1.165) is 4.90 Å². The number of benzene rings is 3. The summed E-state index contributed by atoms with van der Waals surface area (Å²) in [5, 5.41) is 20.2. The molecular weight excluding hydrogens is 664 g/mol. The van der Waals surface area contributed by atoms with Crippen LogP contribution >= 0.6 is 11.6 Å². The number of hydrogen-bond acceptors (Lipinski definition) is 8. The number of phenolic OH excluding ortho intramolecular Hbond substituents is 1. The third kappa shape index (κ3) is 4.89. The van der Waals surface area contributed by atoms with Gasteiger partial charge in [0.2, 0.25) is 23.6 Å². The van der Waals surface area contributed by atoms with Crippen LogP contribution in [0.4, 0.5) is 5.69 Å². The maximum Gasteiger partial charge on any atom is 0.303 e. The predicted molar refractivity (Wildman–Crippen MR) is 181 cm³/mol. The largest absolute Gasteiger partial charge is 0.508 e. The van der Waals surface area contributed by atoms with Gasteiger partial charge in [-0.1, -0.05) is 59.6 Å². The number of rotatable bonds is 9. The van der Waals surface area contributed by atoms with Crippen molar-refractivity contribution in [3.8, 4) is 17.2 Å². The molecule has 0 radical (unpaired) electrons. The first-order valence-corrected chi connectivity index (χ1v) is 16.8. The SMILES string of the molecule is COc1cc(O)cc(OC)c1[C@H]1C2=CC[C@@H]3C(=O)N(CCCC(=O)O)C(=O)[C@@H]3[C@@H]2C[C@H]2C(=O)N(c3cccc(Cl)c3)C(=O)[C@@]12c1ccccc1. The molecule has 11 nitrogen and oxygen atoms in total. The fraction of sp³-hybridized carbons (Fsp3) is 0.342. The molecule has 2 heterocycles. The number of fused-ring (bicyclic) bond motifs is 4. The van der Waals surface area contributed by atoms with E-state index in [1.54, 1.807) is 36.4 Å². The number of phenols is 1. The van der Waals surface area contributed by atoms with Crippen molar-refractivity contribution in [2.45, 2.75) is 37.0 Å². The molecule has 3 fully saturated rings. The van der Waals surface area contributed by atoms with Gasteiger partial charge in [-0.2, -0.15) is 0 Å². The van der Waals surface area contributed by atoms with Crippen molar-refractivity contribution in [3.05, 3.63) is 94.5 Å². The minimum absolute atomic E-state index is 0.0284. The Labute approximate surface area is 293 Å². The standard InChI is InChI=1S/C38H35ClN2O9/c1-49-28-17-23(42)18-29(50-2)32(28)33-24-13-14-25-31(36(47)40(34(25)45)15-7-12-30(43)44)26(24)19-27-35(46)41(22-11-6-10-21(39)16-22)37(48)38(27,33)20-8-4-3-5-9-20/h3-6,8-11,13,16-18,25-27,31,33,42H,7,12,14-15,19H2,1-2H3,(H,43,44)/t25-,26+,27-,31-,33+,38+/m0/s1. The zero-order valence-corrected chi connectivity index (χ0v) is 28.1. The number of methoxy groups -OCH3 is 2. The Hall–Kier alpha value is -5.16. The Morgan fingerprint density at radius 3 is 2.26 bits per heavy atom. The first-order chi connectivity index (χ1) is 24.0.